The van der Waals surface area contributed by atoms with Gasteiger partial charge in [-0.2, -0.15) is 0 Å². The predicted molar refractivity (Wildman–Crippen MR) is 54.0 cm³/mol. The Morgan fingerprint density at radius 2 is 2.36 bits per heavy atom. The number of aromatic nitrogens is 2. The summed E-state index contributed by atoms with van der Waals surface area (Å²) in [5.41, 5.74) is 3.19. The summed E-state index contributed by atoms with van der Waals surface area (Å²) >= 11 is 0. The molecule has 0 spiro atoms. The number of hydrogen-bond acceptors (Lipinski definition) is 2. The summed E-state index contributed by atoms with van der Waals surface area (Å²) in [6.07, 6.45) is 2.28. The third-order valence-corrected chi connectivity index (χ3v) is 2.86. The Hall–Kier alpha value is -1.35. The maximum Gasteiger partial charge on any atom is 0.109 e. The molecule has 0 saturated heterocycles. The molecule has 2 aromatic rings. The molecule has 1 aromatic heterocycles. The molecule has 1 aliphatic rings. The van der Waals surface area contributed by atoms with Crippen LogP contribution in [0.3, 0.4) is 0 Å². The van der Waals surface area contributed by atoms with Crippen molar-refractivity contribution in [2.45, 2.75) is 26.0 Å². The van der Waals surface area contributed by atoms with Gasteiger partial charge in [-0.1, -0.05) is 6.07 Å². The monoisotopic (exact) mass is 188 g/mol. The molecule has 0 atom stereocenters. The fourth-order valence-electron chi connectivity index (χ4n) is 2.15. The van der Waals surface area contributed by atoms with Crippen molar-refractivity contribution in [3.05, 3.63) is 29.6 Å². The molecule has 3 nitrogen and oxygen atoms in total. The molecule has 3 rings (SSSR count). The van der Waals surface area contributed by atoms with E-state index in [0.29, 0.717) is 0 Å². The van der Waals surface area contributed by atoms with Crippen molar-refractivity contribution >= 4 is 11.0 Å². The second kappa shape index (κ2) is 2.82. The average Bonchev–Trinajstić information content (AvgIpc) is 2.76. The molecule has 0 radical (unpaired) electrons. The number of rotatable bonds is 1. The summed E-state index contributed by atoms with van der Waals surface area (Å²) in [7, 11) is 0. The van der Waals surface area contributed by atoms with Gasteiger partial charge in [-0.15, -0.1) is 0 Å². The molecular weight excluding hydrogens is 176 g/mol. The lowest BCUT2D eigenvalue weighted by Crippen LogP contribution is -1.92. The summed E-state index contributed by atoms with van der Waals surface area (Å²) in [5.74, 6) is 1.19. The quantitative estimate of drug-likeness (QED) is 0.736. The highest BCUT2D eigenvalue weighted by Gasteiger charge is 2.15. The molecule has 0 unspecified atom stereocenters. The number of nitrogens with zero attached hydrogens (tertiary/aromatic N) is 2. The molecule has 0 fully saturated rings. The maximum absolute atomic E-state index is 9.05. The molecule has 0 bridgehead atoms. The Morgan fingerprint density at radius 1 is 1.43 bits per heavy atom. The van der Waals surface area contributed by atoms with Crippen LogP contribution < -0.4 is 0 Å². The van der Waals surface area contributed by atoms with Gasteiger partial charge in [-0.05, 0) is 24.1 Å². The highest BCUT2D eigenvalue weighted by molar-refractivity contribution is 5.77. The maximum atomic E-state index is 9.05. The minimum absolute atomic E-state index is 0.108. The predicted octanol–water partition coefficient (Wildman–Crippen LogP) is 1.47. The van der Waals surface area contributed by atoms with Gasteiger partial charge in [0.05, 0.1) is 17.6 Å². The van der Waals surface area contributed by atoms with Gasteiger partial charge in [0.15, 0.2) is 0 Å². The van der Waals surface area contributed by atoms with Crippen molar-refractivity contribution in [3.63, 3.8) is 0 Å². The summed E-state index contributed by atoms with van der Waals surface area (Å²) < 4.78 is 2.26. The first kappa shape index (κ1) is 8.00. The average molecular weight is 188 g/mol. The first-order valence-corrected chi connectivity index (χ1v) is 4.97. The van der Waals surface area contributed by atoms with E-state index in [2.05, 4.69) is 9.55 Å². The lowest BCUT2D eigenvalue weighted by Gasteiger charge is -2.00. The number of fused-ring (bicyclic) bond motifs is 3. The molecule has 1 aliphatic heterocycles. The van der Waals surface area contributed by atoms with Crippen LogP contribution in [0.1, 0.15) is 17.8 Å². The van der Waals surface area contributed by atoms with E-state index in [4.69, 9.17) is 5.11 Å². The summed E-state index contributed by atoms with van der Waals surface area (Å²) in [5, 5.41) is 9.05. The number of aliphatic hydroxyl groups excluding tert-OH is 1. The highest BCUT2D eigenvalue weighted by atomic mass is 16.3. The zero-order chi connectivity index (χ0) is 9.54. The summed E-state index contributed by atoms with van der Waals surface area (Å²) in [6.45, 7) is 1.18. The molecule has 3 heteroatoms. The molecule has 72 valence electrons. The summed E-state index contributed by atoms with van der Waals surface area (Å²) in [6, 6.07) is 5.97. The second-order valence-electron chi connectivity index (χ2n) is 3.76. The van der Waals surface area contributed by atoms with E-state index in [-0.39, 0.29) is 6.61 Å². The zero-order valence-electron chi connectivity index (χ0n) is 7.90. The first-order chi connectivity index (χ1) is 6.88. The van der Waals surface area contributed by atoms with Gasteiger partial charge in [0, 0.05) is 13.0 Å². The fraction of sp³-hybridized carbons (Fsp3) is 0.364. The zero-order valence-corrected chi connectivity index (χ0v) is 7.90. The molecule has 0 saturated carbocycles. The van der Waals surface area contributed by atoms with Gasteiger partial charge in [0.2, 0.25) is 0 Å². The van der Waals surface area contributed by atoms with E-state index >= 15 is 0 Å². The van der Waals surface area contributed by atoms with E-state index < -0.39 is 0 Å². The Balaban J connectivity index is 2.29. The second-order valence-corrected chi connectivity index (χ2v) is 3.76. The normalized spacial score (nSPS) is 14.9. The van der Waals surface area contributed by atoms with Crippen LogP contribution in [0.5, 0.6) is 0 Å². The van der Waals surface area contributed by atoms with Gasteiger partial charge in [0.25, 0.3) is 0 Å². The van der Waals surface area contributed by atoms with Crippen LogP contribution in [0.25, 0.3) is 11.0 Å². The lowest BCUT2D eigenvalue weighted by molar-refractivity contribution is 0.282. The minimum Gasteiger partial charge on any atom is -0.392 e. The van der Waals surface area contributed by atoms with Gasteiger partial charge in [-0.3, -0.25) is 0 Å². The lowest BCUT2D eigenvalue weighted by atomic mass is 10.2. The molecule has 1 aromatic carbocycles. The third-order valence-electron chi connectivity index (χ3n) is 2.86. The number of aryl methyl sites for hydroxylation is 2. The van der Waals surface area contributed by atoms with E-state index in [1.165, 1.54) is 17.8 Å². The van der Waals surface area contributed by atoms with Crippen LogP contribution in [-0.4, -0.2) is 14.7 Å². The van der Waals surface area contributed by atoms with Crippen molar-refractivity contribution in [2.75, 3.05) is 0 Å². The number of aliphatic hydroxyl groups is 1. The molecular formula is C11H12N2O. The number of hydrogen-bond donors (Lipinski definition) is 1. The van der Waals surface area contributed by atoms with Gasteiger partial charge in [0.1, 0.15) is 5.82 Å². The topological polar surface area (TPSA) is 38.1 Å². The van der Waals surface area contributed by atoms with E-state index in [9.17, 15) is 0 Å². The third kappa shape index (κ3) is 0.990. The van der Waals surface area contributed by atoms with Crippen LogP contribution in [0.4, 0.5) is 0 Å². The van der Waals surface area contributed by atoms with Gasteiger partial charge >= 0.3 is 0 Å². The van der Waals surface area contributed by atoms with E-state index in [1.54, 1.807) is 0 Å². The molecule has 0 amide bonds. The van der Waals surface area contributed by atoms with Gasteiger partial charge in [-0.25, -0.2) is 4.98 Å². The SMILES string of the molecule is OCc1ccc2nc3n(c2c1)CCC3. The Bertz CT molecular complexity index is 487. The Morgan fingerprint density at radius 3 is 3.21 bits per heavy atom. The Kier molecular flexibility index (Phi) is 1.61. The van der Waals surface area contributed by atoms with Crippen molar-refractivity contribution in [2.24, 2.45) is 0 Å². The van der Waals surface area contributed by atoms with Crippen LogP contribution in [-0.2, 0) is 19.6 Å². The highest BCUT2D eigenvalue weighted by Crippen LogP contribution is 2.23. The smallest absolute Gasteiger partial charge is 0.109 e. The number of imidazole rings is 1. The van der Waals surface area contributed by atoms with Crippen LogP contribution in [0, 0.1) is 0 Å². The first-order valence-electron chi connectivity index (χ1n) is 4.97. The van der Waals surface area contributed by atoms with Crippen molar-refractivity contribution < 1.29 is 5.11 Å². The van der Waals surface area contributed by atoms with Crippen molar-refractivity contribution in [3.8, 4) is 0 Å². The van der Waals surface area contributed by atoms with Crippen molar-refractivity contribution in [1.29, 1.82) is 0 Å². The van der Waals surface area contributed by atoms with Crippen LogP contribution in [0.15, 0.2) is 18.2 Å². The fourth-order valence-corrected chi connectivity index (χ4v) is 2.15. The molecule has 14 heavy (non-hydrogen) atoms. The van der Waals surface area contributed by atoms with Crippen LogP contribution >= 0.6 is 0 Å². The minimum atomic E-state index is 0.108. The summed E-state index contributed by atoms with van der Waals surface area (Å²) in [4.78, 5) is 4.55. The standard InChI is InChI=1S/C11H12N2O/c14-7-8-3-4-9-10(6-8)13-5-1-2-11(13)12-9/h3-4,6,14H,1-2,5,7H2. The van der Waals surface area contributed by atoms with E-state index in [1.807, 2.05) is 18.2 Å². The number of benzene rings is 1. The van der Waals surface area contributed by atoms with Crippen molar-refractivity contribution in [1.82, 2.24) is 9.55 Å². The van der Waals surface area contributed by atoms with Gasteiger partial charge < -0.3 is 9.67 Å². The van der Waals surface area contributed by atoms with E-state index in [0.717, 1.165) is 24.0 Å². The molecule has 2 heterocycles. The Labute approximate surface area is 82.0 Å². The largest absolute Gasteiger partial charge is 0.392 e. The molecule has 1 N–H and O–H groups in total. The van der Waals surface area contributed by atoms with Crippen LogP contribution in [0.2, 0.25) is 0 Å². The molecule has 0 aliphatic carbocycles.